The minimum atomic E-state index is -3.22. The van der Waals surface area contributed by atoms with Crippen molar-refractivity contribution in [3.63, 3.8) is 0 Å². The van der Waals surface area contributed by atoms with Crippen molar-refractivity contribution >= 4 is 35.0 Å². The molecule has 0 bridgehead atoms. The molecular weight excluding hydrogens is 406 g/mol. The van der Waals surface area contributed by atoms with E-state index < -0.39 is 42.0 Å². The second-order valence-electron chi connectivity index (χ2n) is 6.64. The summed E-state index contributed by atoms with van der Waals surface area (Å²) in [6, 6.07) is 2.07. The maximum Gasteiger partial charge on any atom is 0.387 e. The van der Waals surface area contributed by atoms with E-state index >= 15 is 0 Å². The minimum absolute atomic E-state index is 0.153. The number of ether oxygens (including phenoxy) is 2. The minimum Gasteiger partial charge on any atom is -0.433 e. The largest absolute Gasteiger partial charge is 0.433 e. The van der Waals surface area contributed by atoms with Crippen LogP contribution in [-0.4, -0.2) is 56.0 Å². The SMILES string of the molecule is CC(C)C(=O)N[C@@H](C(N)=O)C(=O)Nc1ccc(N2CCOCC2=O)cc1OC(F)F. The number of nitrogens with zero attached hydrogens (tertiary/aromatic N) is 1. The molecule has 1 aliphatic heterocycles. The molecule has 0 radical (unpaired) electrons. The number of anilines is 2. The zero-order valence-electron chi connectivity index (χ0n) is 16.3. The number of primary amides is 1. The first-order valence-corrected chi connectivity index (χ1v) is 8.97. The number of carbonyl (C=O) groups excluding carboxylic acids is 4. The van der Waals surface area contributed by atoms with Crippen molar-refractivity contribution in [3.05, 3.63) is 18.2 Å². The quantitative estimate of drug-likeness (QED) is 0.506. The van der Waals surface area contributed by atoms with Gasteiger partial charge in [-0.1, -0.05) is 13.8 Å². The van der Waals surface area contributed by atoms with E-state index in [4.69, 9.17) is 10.5 Å². The lowest BCUT2D eigenvalue weighted by atomic mass is 10.1. The molecule has 0 aromatic heterocycles. The average molecular weight is 428 g/mol. The van der Waals surface area contributed by atoms with Crippen LogP contribution in [0.1, 0.15) is 13.8 Å². The number of nitrogens with one attached hydrogen (secondary N) is 2. The van der Waals surface area contributed by atoms with Gasteiger partial charge in [-0.05, 0) is 12.1 Å². The Kier molecular flexibility index (Phi) is 7.64. The van der Waals surface area contributed by atoms with Crippen LogP contribution in [0.25, 0.3) is 0 Å². The number of hydrogen-bond acceptors (Lipinski definition) is 6. The molecule has 0 aliphatic carbocycles. The molecule has 0 unspecified atom stereocenters. The van der Waals surface area contributed by atoms with Crippen molar-refractivity contribution in [1.82, 2.24) is 5.32 Å². The third-order valence-corrected chi connectivity index (χ3v) is 4.09. The zero-order chi connectivity index (χ0) is 22.4. The van der Waals surface area contributed by atoms with Crippen LogP contribution in [0.3, 0.4) is 0 Å². The number of alkyl halides is 2. The molecule has 1 aromatic carbocycles. The molecule has 0 saturated carbocycles. The first-order valence-electron chi connectivity index (χ1n) is 8.97. The van der Waals surface area contributed by atoms with Crippen molar-refractivity contribution < 1.29 is 37.4 Å². The number of carbonyl (C=O) groups is 4. The number of morpholine rings is 1. The Hall–Kier alpha value is -3.28. The highest BCUT2D eigenvalue weighted by molar-refractivity contribution is 6.12. The zero-order valence-corrected chi connectivity index (χ0v) is 16.3. The van der Waals surface area contributed by atoms with Crippen molar-refractivity contribution in [1.29, 1.82) is 0 Å². The maximum absolute atomic E-state index is 12.9. The lowest BCUT2D eigenvalue weighted by molar-refractivity contribution is -0.134. The van der Waals surface area contributed by atoms with Crippen LogP contribution < -0.4 is 26.0 Å². The first kappa shape index (κ1) is 23.0. The fourth-order valence-electron chi connectivity index (χ4n) is 2.55. The number of halogens is 2. The predicted octanol–water partition coefficient (Wildman–Crippen LogP) is 0.216. The molecule has 0 spiro atoms. The average Bonchev–Trinajstić information content (AvgIpc) is 2.66. The van der Waals surface area contributed by atoms with Gasteiger partial charge in [0.15, 0.2) is 11.8 Å². The molecule has 1 atom stereocenters. The second-order valence-corrected chi connectivity index (χ2v) is 6.64. The van der Waals surface area contributed by atoms with E-state index in [-0.39, 0.29) is 37.0 Å². The fourth-order valence-corrected chi connectivity index (χ4v) is 2.55. The summed E-state index contributed by atoms with van der Waals surface area (Å²) in [5, 5.41) is 4.43. The van der Waals surface area contributed by atoms with Gasteiger partial charge in [0.2, 0.25) is 11.8 Å². The van der Waals surface area contributed by atoms with Crippen molar-refractivity contribution in [2.24, 2.45) is 11.7 Å². The molecule has 1 heterocycles. The van der Waals surface area contributed by atoms with Crippen LogP contribution in [0.4, 0.5) is 20.2 Å². The van der Waals surface area contributed by atoms with Crippen LogP contribution in [-0.2, 0) is 23.9 Å². The first-order chi connectivity index (χ1) is 14.1. The summed E-state index contributed by atoms with van der Waals surface area (Å²) >= 11 is 0. The molecule has 1 fully saturated rings. The summed E-state index contributed by atoms with van der Waals surface area (Å²) < 4.78 is 35.2. The molecule has 2 rings (SSSR count). The van der Waals surface area contributed by atoms with Gasteiger partial charge in [0, 0.05) is 24.2 Å². The van der Waals surface area contributed by atoms with E-state index in [0.29, 0.717) is 0 Å². The highest BCUT2D eigenvalue weighted by Gasteiger charge is 2.29. The summed E-state index contributed by atoms with van der Waals surface area (Å²) in [7, 11) is 0. The normalized spacial score (nSPS) is 15.1. The smallest absolute Gasteiger partial charge is 0.387 e. The lowest BCUT2D eigenvalue weighted by Crippen LogP contribution is -2.52. The van der Waals surface area contributed by atoms with Crippen LogP contribution in [0.15, 0.2) is 18.2 Å². The highest BCUT2D eigenvalue weighted by atomic mass is 19.3. The number of amides is 4. The summed E-state index contributed by atoms with van der Waals surface area (Å²) in [5.41, 5.74) is 5.24. The number of rotatable bonds is 8. The Morgan fingerprint density at radius 2 is 1.93 bits per heavy atom. The fraction of sp³-hybridized carbons (Fsp3) is 0.444. The van der Waals surface area contributed by atoms with E-state index in [2.05, 4.69) is 15.4 Å². The molecule has 10 nitrogen and oxygen atoms in total. The summed E-state index contributed by atoms with van der Waals surface area (Å²) in [4.78, 5) is 49.1. The molecule has 12 heteroatoms. The molecule has 1 aromatic rings. The molecular formula is C18H22F2N4O6. The summed E-state index contributed by atoms with van der Waals surface area (Å²) in [6.07, 6.45) is 0. The van der Waals surface area contributed by atoms with Gasteiger partial charge in [0.25, 0.3) is 11.8 Å². The van der Waals surface area contributed by atoms with E-state index in [0.717, 1.165) is 6.07 Å². The van der Waals surface area contributed by atoms with Crippen LogP contribution in [0, 0.1) is 5.92 Å². The highest BCUT2D eigenvalue weighted by Crippen LogP contribution is 2.32. The van der Waals surface area contributed by atoms with Gasteiger partial charge in [0.1, 0.15) is 6.61 Å². The van der Waals surface area contributed by atoms with E-state index in [1.54, 1.807) is 13.8 Å². The topological polar surface area (TPSA) is 140 Å². The molecule has 4 amide bonds. The van der Waals surface area contributed by atoms with Gasteiger partial charge in [0.05, 0.1) is 12.3 Å². The van der Waals surface area contributed by atoms with Crippen LogP contribution in [0.5, 0.6) is 5.75 Å². The van der Waals surface area contributed by atoms with Gasteiger partial charge in [-0.3, -0.25) is 19.2 Å². The Morgan fingerprint density at radius 3 is 2.50 bits per heavy atom. The molecule has 30 heavy (non-hydrogen) atoms. The van der Waals surface area contributed by atoms with Gasteiger partial charge in [-0.15, -0.1) is 0 Å². The Morgan fingerprint density at radius 1 is 1.23 bits per heavy atom. The number of hydrogen-bond donors (Lipinski definition) is 3. The molecule has 1 aliphatic rings. The third kappa shape index (κ3) is 5.86. The Labute approximate surface area is 170 Å². The van der Waals surface area contributed by atoms with E-state index in [1.165, 1.54) is 17.0 Å². The lowest BCUT2D eigenvalue weighted by Gasteiger charge is -2.27. The monoisotopic (exact) mass is 428 g/mol. The predicted molar refractivity (Wildman–Crippen MR) is 101 cm³/mol. The number of benzene rings is 1. The van der Waals surface area contributed by atoms with Crippen LogP contribution in [0.2, 0.25) is 0 Å². The summed E-state index contributed by atoms with van der Waals surface area (Å²) in [6.45, 7) is 0.203. The Balaban J connectivity index is 2.28. The molecule has 164 valence electrons. The summed E-state index contributed by atoms with van der Waals surface area (Å²) in [5.74, 6) is -4.10. The van der Waals surface area contributed by atoms with Crippen molar-refractivity contribution in [2.75, 3.05) is 30.0 Å². The van der Waals surface area contributed by atoms with Gasteiger partial charge >= 0.3 is 6.61 Å². The van der Waals surface area contributed by atoms with Crippen molar-refractivity contribution in [3.8, 4) is 5.75 Å². The molecule has 1 saturated heterocycles. The van der Waals surface area contributed by atoms with Crippen molar-refractivity contribution in [2.45, 2.75) is 26.5 Å². The van der Waals surface area contributed by atoms with Gasteiger partial charge in [-0.25, -0.2) is 0 Å². The number of nitrogens with two attached hydrogens (primary N) is 1. The van der Waals surface area contributed by atoms with Crippen LogP contribution >= 0.6 is 0 Å². The van der Waals surface area contributed by atoms with Gasteiger partial charge < -0.3 is 30.7 Å². The standard InChI is InChI=1S/C18H22F2N4O6/c1-9(2)16(27)23-14(15(21)26)17(28)22-11-4-3-10(7-12(11)30-18(19)20)24-5-6-29-8-13(24)25/h3-4,7,9,14,18H,5-6,8H2,1-2H3,(H2,21,26)(H,22,28)(H,23,27)/t14-/m0/s1. The third-order valence-electron chi connectivity index (χ3n) is 4.09. The molecule has 4 N–H and O–H groups in total. The second kappa shape index (κ2) is 9.96. The van der Waals surface area contributed by atoms with Gasteiger partial charge in [-0.2, -0.15) is 8.78 Å². The van der Waals surface area contributed by atoms with E-state index in [1.807, 2.05) is 0 Å². The van der Waals surface area contributed by atoms with E-state index in [9.17, 15) is 28.0 Å². The Bertz CT molecular complexity index is 833. The maximum atomic E-state index is 12.9.